The summed E-state index contributed by atoms with van der Waals surface area (Å²) in [5, 5.41) is 1.93. The topological polar surface area (TPSA) is 83.7 Å². The van der Waals surface area contributed by atoms with Gasteiger partial charge in [0.2, 0.25) is 17.7 Å². The van der Waals surface area contributed by atoms with Gasteiger partial charge in [-0.05, 0) is 11.4 Å². The summed E-state index contributed by atoms with van der Waals surface area (Å²) in [5.74, 6) is -1.12. The summed E-state index contributed by atoms with van der Waals surface area (Å²) in [6.45, 7) is 2.90. The quantitative estimate of drug-likeness (QED) is 0.858. The SMILES string of the molecule is CC(=O)N1CCN(C(=O)Cc2cccs2)C[C@H](C(N)=O)C1. The van der Waals surface area contributed by atoms with Crippen molar-refractivity contribution < 1.29 is 14.4 Å². The molecule has 0 bridgehead atoms. The Morgan fingerprint density at radius 2 is 1.95 bits per heavy atom. The molecule has 6 nitrogen and oxygen atoms in total. The summed E-state index contributed by atoms with van der Waals surface area (Å²) in [6.07, 6.45) is 0.323. The Labute approximate surface area is 127 Å². The summed E-state index contributed by atoms with van der Waals surface area (Å²) >= 11 is 1.53. The summed E-state index contributed by atoms with van der Waals surface area (Å²) in [7, 11) is 0. The van der Waals surface area contributed by atoms with Crippen LogP contribution in [0.5, 0.6) is 0 Å². The fourth-order valence-electron chi connectivity index (χ4n) is 2.38. The van der Waals surface area contributed by atoms with Crippen LogP contribution in [0.25, 0.3) is 0 Å². The zero-order chi connectivity index (χ0) is 15.4. The molecule has 1 saturated heterocycles. The van der Waals surface area contributed by atoms with Crippen molar-refractivity contribution in [2.45, 2.75) is 13.3 Å². The highest BCUT2D eigenvalue weighted by molar-refractivity contribution is 7.10. The minimum Gasteiger partial charge on any atom is -0.369 e. The van der Waals surface area contributed by atoms with Crippen molar-refractivity contribution in [1.82, 2.24) is 9.80 Å². The first-order valence-electron chi connectivity index (χ1n) is 6.82. The maximum absolute atomic E-state index is 12.3. The van der Waals surface area contributed by atoms with Gasteiger partial charge in [-0.3, -0.25) is 14.4 Å². The largest absolute Gasteiger partial charge is 0.369 e. The molecule has 2 heterocycles. The number of primary amides is 1. The molecular weight excluding hydrogens is 290 g/mol. The molecule has 0 spiro atoms. The normalized spacial score (nSPS) is 19.2. The second-order valence-corrected chi connectivity index (χ2v) is 6.19. The number of rotatable bonds is 3. The summed E-state index contributed by atoms with van der Waals surface area (Å²) < 4.78 is 0. The second kappa shape index (κ2) is 6.71. The van der Waals surface area contributed by atoms with Gasteiger partial charge in [0.05, 0.1) is 12.3 Å². The van der Waals surface area contributed by atoms with Gasteiger partial charge >= 0.3 is 0 Å². The number of carbonyl (C=O) groups is 3. The van der Waals surface area contributed by atoms with Crippen molar-refractivity contribution in [1.29, 1.82) is 0 Å². The van der Waals surface area contributed by atoms with Crippen LogP contribution in [-0.2, 0) is 20.8 Å². The molecule has 1 aromatic rings. The molecule has 1 aliphatic heterocycles. The van der Waals surface area contributed by atoms with Gasteiger partial charge in [-0.2, -0.15) is 0 Å². The minimum atomic E-state index is -0.510. The predicted molar refractivity (Wildman–Crippen MR) is 79.5 cm³/mol. The number of hydrogen-bond donors (Lipinski definition) is 1. The molecule has 3 amide bonds. The molecule has 0 aromatic carbocycles. The Hall–Kier alpha value is -1.89. The lowest BCUT2D eigenvalue weighted by Gasteiger charge is -2.22. The van der Waals surface area contributed by atoms with E-state index in [9.17, 15) is 14.4 Å². The average molecular weight is 309 g/mol. The highest BCUT2D eigenvalue weighted by Crippen LogP contribution is 2.14. The maximum atomic E-state index is 12.3. The molecule has 1 atom stereocenters. The van der Waals surface area contributed by atoms with Crippen molar-refractivity contribution in [3.05, 3.63) is 22.4 Å². The smallest absolute Gasteiger partial charge is 0.227 e. The van der Waals surface area contributed by atoms with Crippen molar-refractivity contribution in [2.24, 2.45) is 11.7 Å². The first-order chi connectivity index (χ1) is 9.97. The molecule has 2 rings (SSSR count). The van der Waals surface area contributed by atoms with Crippen molar-refractivity contribution in [3.63, 3.8) is 0 Å². The van der Waals surface area contributed by atoms with Crippen LogP contribution in [-0.4, -0.2) is 53.7 Å². The van der Waals surface area contributed by atoms with Crippen LogP contribution in [0.15, 0.2) is 17.5 Å². The lowest BCUT2D eigenvalue weighted by Crippen LogP contribution is -2.41. The zero-order valence-corrected chi connectivity index (χ0v) is 12.8. The third-order valence-corrected chi connectivity index (χ3v) is 4.50. The third kappa shape index (κ3) is 4.04. The van der Waals surface area contributed by atoms with E-state index in [1.165, 1.54) is 18.3 Å². The van der Waals surface area contributed by atoms with Crippen LogP contribution < -0.4 is 5.73 Å². The molecule has 7 heteroatoms. The fraction of sp³-hybridized carbons (Fsp3) is 0.500. The van der Waals surface area contributed by atoms with Crippen LogP contribution in [0, 0.1) is 5.92 Å². The van der Waals surface area contributed by atoms with Crippen LogP contribution in [0.2, 0.25) is 0 Å². The van der Waals surface area contributed by atoms with Gasteiger partial charge in [-0.15, -0.1) is 11.3 Å². The van der Waals surface area contributed by atoms with Crippen molar-refractivity contribution in [3.8, 4) is 0 Å². The number of nitrogens with zero attached hydrogens (tertiary/aromatic N) is 2. The van der Waals surface area contributed by atoms with E-state index in [0.717, 1.165) is 4.88 Å². The van der Waals surface area contributed by atoms with Crippen molar-refractivity contribution >= 4 is 29.1 Å². The molecule has 0 unspecified atom stereocenters. The maximum Gasteiger partial charge on any atom is 0.227 e. The Morgan fingerprint density at radius 1 is 1.29 bits per heavy atom. The first-order valence-corrected chi connectivity index (χ1v) is 7.70. The Balaban J connectivity index is 2.06. The van der Waals surface area contributed by atoms with Crippen LogP contribution in [0.3, 0.4) is 0 Å². The average Bonchev–Trinajstić information content (AvgIpc) is 2.80. The molecule has 21 heavy (non-hydrogen) atoms. The predicted octanol–water partition coefficient (Wildman–Crippen LogP) is 0.0828. The van der Waals surface area contributed by atoms with Gasteiger partial charge in [0, 0.05) is 38.0 Å². The van der Waals surface area contributed by atoms with E-state index >= 15 is 0 Å². The minimum absolute atomic E-state index is 0.0332. The molecule has 1 aliphatic rings. The third-order valence-electron chi connectivity index (χ3n) is 3.63. The summed E-state index contributed by atoms with van der Waals surface area (Å²) in [4.78, 5) is 39.6. The van der Waals surface area contributed by atoms with Crippen LogP contribution >= 0.6 is 11.3 Å². The molecule has 0 aliphatic carbocycles. The van der Waals surface area contributed by atoms with E-state index in [4.69, 9.17) is 5.73 Å². The molecule has 1 aromatic heterocycles. The monoisotopic (exact) mass is 309 g/mol. The Kier molecular flexibility index (Phi) is 4.95. The fourth-order valence-corrected chi connectivity index (χ4v) is 3.08. The Bertz CT molecular complexity index is 530. The lowest BCUT2D eigenvalue weighted by atomic mass is 10.1. The highest BCUT2D eigenvalue weighted by Gasteiger charge is 2.29. The molecule has 114 valence electrons. The summed E-state index contributed by atoms with van der Waals surface area (Å²) in [6, 6.07) is 3.81. The number of hydrogen-bond acceptors (Lipinski definition) is 4. The number of nitrogens with two attached hydrogens (primary N) is 1. The molecule has 2 N–H and O–H groups in total. The van der Waals surface area contributed by atoms with Gasteiger partial charge in [-0.1, -0.05) is 6.07 Å². The van der Waals surface area contributed by atoms with E-state index in [2.05, 4.69) is 0 Å². The van der Waals surface area contributed by atoms with Gasteiger partial charge in [-0.25, -0.2) is 0 Å². The number of amides is 3. The molecular formula is C14H19N3O3S. The van der Waals surface area contributed by atoms with Crippen molar-refractivity contribution in [2.75, 3.05) is 26.2 Å². The lowest BCUT2D eigenvalue weighted by molar-refractivity contribution is -0.132. The summed E-state index contributed by atoms with van der Waals surface area (Å²) in [5.41, 5.74) is 5.38. The van der Waals surface area contributed by atoms with E-state index in [-0.39, 0.29) is 24.9 Å². The zero-order valence-electron chi connectivity index (χ0n) is 11.9. The van der Waals surface area contributed by atoms with Gasteiger partial charge in [0.15, 0.2) is 0 Å². The number of carbonyl (C=O) groups excluding carboxylic acids is 3. The van der Waals surface area contributed by atoms with E-state index in [1.54, 1.807) is 9.80 Å². The van der Waals surface area contributed by atoms with E-state index < -0.39 is 11.8 Å². The molecule has 1 fully saturated rings. The van der Waals surface area contributed by atoms with Gasteiger partial charge in [0.1, 0.15) is 0 Å². The molecule has 0 saturated carbocycles. The highest BCUT2D eigenvalue weighted by atomic mass is 32.1. The molecule has 0 radical (unpaired) electrons. The second-order valence-electron chi connectivity index (χ2n) is 5.16. The first kappa shape index (κ1) is 15.5. The standard InChI is InChI=1S/C14H19N3O3S/c1-10(18)16-4-5-17(9-11(8-16)14(15)20)13(19)7-12-3-2-6-21-12/h2-3,6,11H,4-5,7-9H2,1H3,(H2,15,20)/t11-/m1/s1. The van der Waals surface area contributed by atoms with Gasteiger partial charge < -0.3 is 15.5 Å². The van der Waals surface area contributed by atoms with E-state index in [0.29, 0.717) is 19.5 Å². The van der Waals surface area contributed by atoms with Gasteiger partial charge in [0.25, 0.3) is 0 Å². The number of thiophene rings is 1. The van der Waals surface area contributed by atoms with E-state index in [1.807, 2.05) is 17.5 Å². The van der Waals surface area contributed by atoms with Crippen LogP contribution in [0.4, 0.5) is 0 Å². The van der Waals surface area contributed by atoms with Crippen LogP contribution in [0.1, 0.15) is 11.8 Å². The Morgan fingerprint density at radius 3 is 2.52 bits per heavy atom.